The average molecular weight is 474 g/mol. The summed E-state index contributed by atoms with van der Waals surface area (Å²) in [4.78, 5) is 27.8. The van der Waals surface area contributed by atoms with Gasteiger partial charge < -0.3 is 15.4 Å². The number of nitrogens with one attached hydrogen (secondary N) is 2. The molecule has 0 aromatic heterocycles. The fourth-order valence-corrected chi connectivity index (χ4v) is 4.29. The minimum atomic E-state index is -0.971. The highest BCUT2D eigenvalue weighted by atomic mass is 19.1. The van der Waals surface area contributed by atoms with Crippen LogP contribution in [0.2, 0.25) is 0 Å². The third-order valence-corrected chi connectivity index (χ3v) is 5.89. The van der Waals surface area contributed by atoms with Crippen LogP contribution in [0.4, 0.5) is 8.78 Å². The lowest BCUT2D eigenvalue weighted by atomic mass is 10.0. The van der Waals surface area contributed by atoms with Gasteiger partial charge in [0.25, 0.3) is 5.91 Å². The van der Waals surface area contributed by atoms with Gasteiger partial charge in [0, 0.05) is 26.2 Å². The Labute approximate surface area is 199 Å². The van der Waals surface area contributed by atoms with Gasteiger partial charge in [-0.1, -0.05) is 44.2 Å². The normalized spacial score (nSPS) is 19.6. The van der Waals surface area contributed by atoms with Crippen LogP contribution in [0.5, 0.6) is 0 Å². The molecule has 2 amide bonds. The first-order valence-electron chi connectivity index (χ1n) is 11.6. The second-order valence-corrected chi connectivity index (χ2v) is 9.23. The smallest absolute Gasteiger partial charge is 0.257 e. The van der Waals surface area contributed by atoms with Crippen LogP contribution in [-0.2, 0) is 22.6 Å². The van der Waals surface area contributed by atoms with E-state index in [0.29, 0.717) is 0 Å². The Morgan fingerprint density at radius 3 is 2.18 bits per heavy atom. The predicted octanol–water partition coefficient (Wildman–Crippen LogP) is 3.64. The van der Waals surface area contributed by atoms with E-state index in [9.17, 15) is 18.4 Å². The maximum atomic E-state index is 14.0. The predicted molar refractivity (Wildman–Crippen MR) is 126 cm³/mol. The number of ether oxygens (including phenoxy) is 1. The van der Waals surface area contributed by atoms with E-state index < -0.39 is 35.1 Å². The number of amides is 2. The Hall–Kier alpha value is -2.84. The second-order valence-electron chi connectivity index (χ2n) is 9.23. The number of halogens is 2. The van der Waals surface area contributed by atoms with Crippen molar-refractivity contribution in [2.24, 2.45) is 5.92 Å². The number of benzene rings is 2. The number of hydrogen-bond donors (Lipinski definition) is 2. The van der Waals surface area contributed by atoms with E-state index in [1.54, 1.807) is 13.8 Å². The molecule has 0 saturated carbocycles. The maximum Gasteiger partial charge on any atom is 0.257 e. The molecule has 184 valence electrons. The third-order valence-electron chi connectivity index (χ3n) is 5.89. The van der Waals surface area contributed by atoms with E-state index in [-0.39, 0.29) is 24.7 Å². The molecule has 1 aliphatic rings. The van der Waals surface area contributed by atoms with Gasteiger partial charge in [-0.3, -0.25) is 14.5 Å². The van der Waals surface area contributed by atoms with Gasteiger partial charge in [0.05, 0.1) is 12.2 Å². The standard InChI is InChI=1S/C26H33F2N3O3/c1-16(2)24(30-25(32)23-21(27)10-7-11-22(23)28)26(33)29-12-19-8-5-6-9-20(19)15-31-13-17(3)34-18(4)14-31/h5-11,16-18,24H,12-15H2,1-4H3,(H,29,33)(H,30,32)/t17?,18?,24-/m0/s1. The maximum absolute atomic E-state index is 14.0. The quantitative estimate of drug-likeness (QED) is 0.614. The molecule has 2 N–H and O–H groups in total. The average Bonchev–Trinajstić information content (AvgIpc) is 2.75. The molecule has 3 rings (SSSR count). The zero-order valence-electron chi connectivity index (χ0n) is 20.1. The molecule has 2 aromatic carbocycles. The molecule has 0 spiro atoms. The van der Waals surface area contributed by atoms with Gasteiger partial charge in [0.2, 0.25) is 5.91 Å². The van der Waals surface area contributed by atoms with Gasteiger partial charge in [0.15, 0.2) is 0 Å². The van der Waals surface area contributed by atoms with Crippen molar-refractivity contribution >= 4 is 11.8 Å². The van der Waals surface area contributed by atoms with E-state index in [1.165, 1.54) is 6.07 Å². The fraction of sp³-hybridized carbons (Fsp3) is 0.462. The lowest BCUT2D eigenvalue weighted by Gasteiger charge is -2.35. The number of carbonyl (C=O) groups excluding carboxylic acids is 2. The van der Waals surface area contributed by atoms with Crippen molar-refractivity contribution in [2.45, 2.75) is 59.0 Å². The summed E-state index contributed by atoms with van der Waals surface area (Å²) in [6.07, 6.45) is 0.315. The molecule has 1 heterocycles. The molecule has 0 aliphatic carbocycles. The lowest BCUT2D eigenvalue weighted by Crippen LogP contribution is -2.50. The van der Waals surface area contributed by atoms with Crippen LogP contribution in [0.25, 0.3) is 0 Å². The Morgan fingerprint density at radius 2 is 1.59 bits per heavy atom. The molecule has 34 heavy (non-hydrogen) atoms. The van der Waals surface area contributed by atoms with Gasteiger partial charge in [-0.15, -0.1) is 0 Å². The molecule has 3 atom stereocenters. The minimum absolute atomic E-state index is 0.158. The highest BCUT2D eigenvalue weighted by Gasteiger charge is 2.27. The van der Waals surface area contributed by atoms with Crippen LogP contribution in [0, 0.1) is 17.6 Å². The zero-order chi connectivity index (χ0) is 24.8. The summed E-state index contributed by atoms with van der Waals surface area (Å²) in [5, 5.41) is 5.36. The molecule has 1 aliphatic heterocycles. The van der Waals surface area contributed by atoms with Crippen molar-refractivity contribution in [3.05, 3.63) is 70.8 Å². The number of hydrogen-bond acceptors (Lipinski definition) is 4. The molecule has 1 fully saturated rings. The molecule has 0 radical (unpaired) electrons. The first-order chi connectivity index (χ1) is 16.2. The molecule has 6 nitrogen and oxygen atoms in total. The summed E-state index contributed by atoms with van der Waals surface area (Å²) in [7, 11) is 0. The first-order valence-corrected chi connectivity index (χ1v) is 11.6. The highest BCUT2D eigenvalue weighted by Crippen LogP contribution is 2.18. The summed E-state index contributed by atoms with van der Waals surface area (Å²) in [6, 6.07) is 10.1. The van der Waals surface area contributed by atoms with Gasteiger partial charge in [-0.25, -0.2) is 8.78 Å². The summed E-state index contributed by atoms with van der Waals surface area (Å²) in [5.74, 6) is -3.60. The lowest BCUT2D eigenvalue weighted by molar-refractivity contribution is -0.124. The Morgan fingerprint density at radius 1 is 1.00 bits per heavy atom. The van der Waals surface area contributed by atoms with Gasteiger partial charge >= 0.3 is 0 Å². The van der Waals surface area contributed by atoms with E-state index in [0.717, 1.165) is 42.9 Å². The van der Waals surface area contributed by atoms with Crippen LogP contribution >= 0.6 is 0 Å². The third kappa shape index (κ3) is 6.61. The Kier molecular flexibility index (Phi) is 8.74. The monoisotopic (exact) mass is 473 g/mol. The molecular formula is C26H33F2N3O3. The van der Waals surface area contributed by atoms with Gasteiger partial charge in [-0.2, -0.15) is 0 Å². The molecule has 2 unspecified atom stereocenters. The highest BCUT2D eigenvalue weighted by molar-refractivity contribution is 5.98. The zero-order valence-corrected chi connectivity index (χ0v) is 20.1. The summed E-state index contributed by atoms with van der Waals surface area (Å²) >= 11 is 0. The summed E-state index contributed by atoms with van der Waals surface area (Å²) in [5.41, 5.74) is 1.37. The Bertz CT molecular complexity index is 984. The molecule has 2 aromatic rings. The molecule has 0 bridgehead atoms. The van der Waals surface area contributed by atoms with E-state index >= 15 is 0 Å². The van der Waals surface area contributed by atoms with E-state index in [1.807, 2.05) is 24.3 Å². The van der Waals surface area contributed by atoms with Crippen molar-refractivity contribution in [1.29, 1.82) is 0 Å². The fourth-order valence-electron chi connectivity index (χ4n) is 4.29. The SMILES string of the molecule is CC1CN(Cc2ccccc2CNC(=O)[C@@H](NC(=O)c2c(F)cccc2F)C(C)C)CC(C)O1. The van der Waals surface area contributed by atoms with E-state index in [2.05, 4.69) is 29.4 Å². The summed E-state index contributed by atoms with van der Waals surface area (Å²) < 4.78 is 33.8. The van der Waals surface area contributed by atoms with Crippen molar-refractivity contribution in [3.63, 3.8) is 0 Å². The number of rotatable bonds is 8. The van der Waals surface area contributed by atoms with Crippen LogP contribution in [0.15, 0.2) is 42.5 Å². The number of carbonyl (C=O) groups is 2. The Balaban J connectivity index is 1.66. The van der Waals surface area contributed by atoms with Crippen LogP contribution in [0.1, 0.15) is 49.2 Å². The number of morpholine rings is 1. The topological polar surface area (TPSA) is 70.7 Å². The molecule has 8 heteroatoms. The van der Waals surface area contributed by atoms with Crippen molar-refractivity contribution in [2.75, 3.05) is 13.1 Å². The van der Waals surface area contributed by atoms with Crippen LogP contribution in [0.3, 0.4) is 0 Å². The van der Waals surface area contributed by atoms with Crippen LogP contribution in [-0.4, -0.2) is 48.1 Å². The van der Waals surface area contributed by atoms with E-state index in [4.69, 9.17) is 4.74 Å². The first kappa shape index (κ1) is 25.8. The van der Waals surface area contributed by atoms with Crippen LogP contribution < -0.4 is 10.6 Å². The molecular weight excluding hydrogens is 440 g/mol. The van der Waals surface area contributed by atoms with Crippen molar-refractivity contribution in [3.8, 4) is 0 Å². The minimum Gasteiger partial charge on any atom is -0.373 e. The largest absolute Gasteiger partial charge is 0.373 e. The molecule has 1 saturated heterocycles. The van der Waals surface area contributed by atoms with Crippen molar-refractivity contribution in [1.82, 2.24) is 15.5 Å². The van der Waals surface area contributed by atoms with Gasteiger partial charge in [-0.05, 0) is 43.0 Å². The van der Waals surface area contributed by atoms with Gasteiger partial charge in [0.1, 0.15) is 23.2 Å². The number of nitrogens with zero attached hydrogens (tertiary/aromatic N) is 1. The second kappa shape index (κ2) is 11.5. The van der Waals surface area contributed by atoms with Crippen molar-refractivity contribution < 1.29 is 23.1 Å². The summed E-state index contributed by atoms with van der Waals surface area (Å²) in [6.45, 7) is 10.3.